The fourth-order valence-corrected chi connectivity index (χ4v) is 2.59. The number of ether oxygens (including phenoxy) is 1. The van der Waals surface area contributed by atoms with Gasteiger partial charge in [-0.2, -0.15) is 0 Å². The minimum atomic E-state index is -0.0394. The molecular formula is C11H19N3O3. The number of carbonyl (C=O) groups is 2. The molecule has 2 aliphatic rings. The maximum absolute atomic E-state index is 11.8. The van der Waals surface area contributed by atoms with Crippen molar-refractivity contribution in [2.24, 2.45) is 0 Å². The van der Waals surface area contributed by atoms with Gasteiger partial charge in [0.15, 0.2) is 0 Å². The van der Waals surface area contributed by atoms with Crippen molar-refractivity contribution < 1.29 is 14.3 Å². The number of likely N-dealkylation sites (tertiary alicyclic amines) is 1. The molecule has 2 fully saturated rings. The van der Waals surface area contributed by atoms with Crippen LogP contribution in [0.2, 0.25) is 0 Å². The fourth-order valence-electron chi connectivity index (χ4n) is 2.59. The predicted molar refractivity (Wildman–Crippen MR) is 61.6 cm³/mol. The summed E-state index contributed by atoms with van der Waals surface area (Å²) in [5, 5.41) is 2.94. The summed E-state index contributed by atoms with van der Waals surface area (Å²) in [6, 6.07) is 0.229. The lowest BCUT2D eigenvalue weighted by atomic mass is 10.00. The first-order valence-corrected chi connectivity index (χ1v) is 5.95. The Hall–Kier alpha value is -1.30. The van der Waals surface area contributed by atoms with Gasteiger partial charge in [-0.3, -0.25) is 4.79 Å². The Labute approximate surface area is 101 Å². The summed E-state index contributed by atoms with van der Waals surface area (Å²) in [6.45, 7) is 4.08. The number of hydrogen-bond acceptors (Lipinski definition) is 3. The smallest absolute Gasteiger partial charge is 0.318 e. The lowest BCUT2D eigenvalue weighted by molar-refractivity contribution is -0.130. The lowest BCUT2D eigenvalue weighted by Crippen LogP contribution is -2.52. The van der Waals surface area contributed by atoms with Gasteiger partial charge < -0.3 is 19.9 Å². The Morgan fingerprint density at radius 3 is 3.00 bits per heavy atom. The summed E-state index contributed by atoms with van der Waals surface area (Å²) >= 11 is 0. The summed E-state index contributed by atoms with van der Waals surface area (Å²) in [4.78, 5) is 26.7. The average molecular weight is 241 g/mol. The molecule has 3 amide bonds. The van der Waals surface area contributed by atoms with Gasteiger partial charge in [0.05, 0.1) is 18.7 Å². The van der Waals surface area contributed by atoms with E-state index in [-0.39, 0.29) is 24.0 Å². The Kier molecular flexibility index (Phi) is 3.51. The van der Waals surface area contributed by atoms with Crippen LogP contribution in [0.25, 0.3) is 0 Å². The fraction of sp³-hybridized carbons (Fsp3) is 0.818. The topological polar surface area (TPSA) is 61.9 Å². The number of fused-ring (bicyclic) bond motifs is 1. The molecule has 2 heterocycles. The van der Waals surface area contributed by atoms with Crippen LogP contribution in [-0.4, -0.2) is 67.2 Å². The van der Waals surface area contributed by atoms with E-state index in [0.29, 0.717) is 19.7 Å². The Balaban J connectivity index is 1.98. The van der Waals surface area contributed by atoms with E-state index in [1.165, 1.54) is 0 Å². The van der Waals surface area contributed by atoms with E-state index in [2.05, 4.69) is 5.32 Å². The average Bonchev–Trinajstić information content (AvgIpc) is 2.61. The van der Waals surface area contributed by atoms with Crippen LogP contribution < -0.4 is 5.32 Å². The molecule has 2 saturated heterocycles. The predicted octanol–water partition coefficient (Wildman–Crippen LogP) is -0.353. The summed E-state index contributed by atoms with van der Waals surface area (Å²) in [6.07, 6.45) is 0.840. The van der Waals surface area contributed by atoms with Crippen molar-refractivity contribution >= 4 is 11.9 Å². The van der Waals surface area contributed by atoms with Crippen LogP contribution >= 0.6 is 0 Å². The quantitative estimate of drug-likeness (QED) is 0.734. The van der Waals surface area contributed by atoms with Crippen LogP contribution in [0.4, 0.5) is 4.79 Å². The van der Waals surface area contributed by atoms with Crippen LogP contribution in [0.1, 0.15) is 13.3 Å². The van der Waals surface area contributed by atoms with Gasteiger partial charge in [-0.15, -0.1) is 0 Å². The van der Waals surface area contributed by atoms with E-state index in [9.17, 15) is 9.59 Å². The van der Waals surface area contributed by atoms with E-state index in [0.717, 1.165) is 13.0 Å². The van der Waals surface area contributed by atoms with Gasteiger partial charge >= 0.3 is 6.03 Å². The van der Waals surface area contributed by atoms with E-state index in [4.69, 9.17) is 4.74 Å². The van der Waals surface area contributed by atoms with Gasteiger partial charge in [-0.25, -0.2) is 4.79 Å². The van der Waals surface area contributed by atoms with Gasteiger partial charge in [-0.1, -0.05) is 0 Å². The molecule has 2 aliphatic heterocycles. The number of carbonyl (C=O) groups excluding carboxylic acids is 2. The largest absolute Gasteiger partial charge is 0.383 e. The van der Waals surface area contributed by atoms with Gasteiger partial charge in [0, 0.05) is 33.7 Å². The molecule has 0 radical (unpaired) electrons. The van der Waals surface area contributed by atoms with Gasteiger partial charge in [0.1, 0.15) is 0 Å². The van der Waals surface area contributed by atoms with E-state index in [1.807, 2.05) is 4.90 Å². The summed E-state index contributed by atoms with van der Waals surface area (Å²) in [5.74, 6) is 0.0769. The molecule has 6 nitrogen and oxygen atoms in total. The molecule has 0 aromatic carbocycles. The third-order valence-corrected chi connectivity index (χ3v) is 3.53. The first-order valence-electron chi connectivity index (χ1n) is 5.95. The monoisotopic (exact) mass is 241 g/mol. The van der Waals surface area contributed by atoms with Crippen molar-refractivity contribution in [3.05, 3.63) is 0 Å². The second-order valence-corrected chi connectivity index (χ2v) is 4.56. The molecule has 6 heteroatoms. The zero-order chi connectivity index (χ0) is 12.4. The summed E-state index contributed by atoms with van der Waals surface area (Å²) < 4.78 is 5.00. The second kappa shape index (κ2) is 4.91. The van der Waals surface area contributed by atoms with Gasteiger partial charge in [0.2, 0.25) is 5.91 Å². The Morgan fingerprint density at radius 2 is 2.35 bits per heavy atom. The molecule has 0 bridgehead atoms. The summed E-state index contributed by atoms with van der Waals surface area (Å²) in [5.41, 5.74) is 0. The highest BCUT2D eigenvalue weighted by molar-refractivity contribution is 5.78. The van der Waals surface area contributed by atoms with Crippen molar-refractivity contribution in [1.82, 2.24) is 15.1 Å². The lowest BCUT2D eigenvalue weighted by Gasteiger charge is -2.36. The number of amides is 3. The Bertz CT molecular complexity index is 321. The maximum Gasteiger partial charge on any atom is 0.318 e. The maximum atomic E-state index is 11.8. The number of piperidine rings is 1. The van der Waals surface area contributed by atoms with Crippen molar-refractivity contribution in [2.45, 2.75) is 25.4 Å². The van der Waals surface area contributed by atoms with Gasteiger partial charge in [0.25, 0.3) is 0 Å². The van der Waals surface area contributed by atoms with Crippen molar-refractivity contribution in [3.63, 3.8) is 0 Å². The molecule has 17 heavy (non-hydrogen) atoms. The molecule has 0 aromatic heterocycles. The minimum Gasteiger partial charge on any atom is -0.383 e. The highest BCUT2D eigenvalue weighted by Crippen LogP contribution is 2.22. The first kappa shape index (κ1) is 12.2. The van der Waals surface area contributed by atoms with Crippen LogP contribution in [0.5, 0.6) is 0 Å². The number of methoxy groups -OCH3 is 1. The second-order valence-electron chi connectivity index (χ2n) is 4.56. The minimum absolute atomic E-state index is 0.0394. The molecule has 96 valence electrons. The Morgan fingerprint density at radius 1 is 1.59 bits per heavy atom. The van der Waals surface area contributed by atoms with E-state index >= 15 is 0 Å². The number of urea groups is 1. The molecule has 0 unspecified atom stereocenters. The standard InChI is InChI=1S/C11H19N3O3/c1-8(15)13-4-3-10-9(7-13)12-11(16)14(10)5-6-17-2/h9-10H,3-7H2,1-2H3,(H,12,16)/t9-,10+/m0/s1. The molecule has 0 aromatic rings. The SMILES string of the molecule is COCCN1C(=O)N[C@H]2CN(C(C)=O)CC[C@H]21. The first-order chi connectivity index (χ1) is 8.13. The molecular weight excluding hydrogens is 222 g/mol. The zero-order valence-electron chi connectivity index (χ0n) is 10.3. The van der Waals surface area contributed by atoms with E-state index in [1.54, 1.807) is 18.9 Å². The third-order valence-electron chi connectivity index (χ3n) is 3.53. The van der Waals surface area contributed by atoms with Crippen molar-refractivity contribution in [3.8, 4) is 0 Å². The highest BCUT2D eigenvalue weighted by Gasteiger charge is 2.42. The molecule has 0 saturated carbocycles. The highest BCUT2D eigenvalue weighted by atomic mass is 16.5. The number of nitrogens with one attached hydrogen (secondary N) is 1. The molecule has 0 aliphatic carbocycles. The van der Waals surface area contributed by atoms with Crippen molar-refractivity contribution in [2.75, 3.05) is 33.4 Å². The normalized spacial score (nSPS) is 28.0. The molecule has 0 spiro atoms. The number of hydrogen-bond donors (Lipinski definition) is 1. The third kappa shape index (κ3) is 2.36. The van der Waals surface area contributed by atoms with E-state index < -0.39 is 0 Å². The zero-order valence-corrected chi connectivity index (χ0v) is 10.3. The van der Waals surface area contributed by atoms with Crippen LogP contribution in [0.3, 0.4) is 0 Å². The van der Waals surface area contributed by atoms with Crippen LogP contribution in [0, 0.1) is 0 Å². The van der Waals surface area contributed by atoms with Crippen LogP contribution in [-0.2, 0) is 9.53 Å². The molecule has 2 atom stereocenters. The summed E-state index contributed by atoms with van der Waals surface area (Å²) in [7, 11) is 1.63. The van der Waals surface area contributed by atoms with Crippen LogP contribution in [0.15, 0.2) is 0 Å². The van der Waals surface area contributed by atoms with Gasteiger partial charge in [-0.05, 0) is 6.42 Å². The molecule has 1 N–H and O–H groups in total. The number of rotatable bonds is 3. The van der Waals surface area contributed by atoms with Crippen molar-refractivity contribution in [1.29, 1.82) is 0 Å². The number of nitrogens with zero attached hydrogens (tertiary/aromatic N) is 2. The molecule has 2 rings (SSSR count).